The molecule has 5 nitrogen and oxygen atoms in total. The Morgan fingerprint density at radius 2 is 2.37 bits per heavy atom. The number of nitrogens with one attached hydrogen (secondary N) is 1. The van der Waals surface area contributed by atoms with Gasteiger partial charge in [-0.1, -0.05) is 12.1 Å². The van der Waals surface area contributed by atoms with E-state index in [9.17, 15) is 9.90 Å². The Balaban J connectivity index is 1.71. The molecule has 1 fully saturated rings. The number of aliphatic hydroxyl groups excluding tert-OH is 1. The molecule has 2 atom stereocenters. The number of hydrogen-bond donors (Lipinski definition) is 2. The molecule has 1 aromatic carbocycles. The number of carbonyl (C=O) groups excluding carboxylic acids is 1. The lowest BCUT2D eigenvalue weighted by Crippen LogP contribution is -2.22. The van der Waals surface area contributed by atoms with Crippen LogP contribution >= 0.6 is 0 Å². The Labute approximate surface area is 111 Å². The van der Waals surface area contributed by atoms with Crippen LogP contribution in [0.4, 0.5) is 4.79 Å². The second-order valence-corrected chi connectivity index (χ2v) is 4.95. The van der Waals surface area contributed by atoms with Gasteiger partial charge in [0.15, 0.2) is 6.10 Å². The minimum Gasteiger partial charge on any atom is -0.489 e. The van der Waals surface area contributed by atoms with Crippen LogP contribution in [0.2, 0.25) is 0 Å². The van der Waals surface area contributed by atoms with E-state index < -0.39 is 6.10 Å². The fourth-order valence-corrected chi connectivity index (χ4v) is 2.63. The molecule has 2 unspecified atom stereocenters. The number of cyclic esters (lactones) is 1. The molecule has 102 valence electrons. The summed E-state index contributed by atoms with van der Waals surface area (Å²) in [6, 6.07) is 5.74. The van der Waals surface area contributed by atoms with Crippen LogP contribution in [0.1, 0.15) is 30.1 Å². The lowest BCUT2D eigenvalue weighted by atomic mass is 9.89. The van der Waals surface area contributed by atoms with Crippen LogP contribution in [0.25, 0.3) is 0 Å². The maximum atomic E-state index is 10.9. The van der Waals surface area contributed by atoms with Gasteiger partial charge in [0, 0.05) is 0 Å². The second kappa shape index (κ2) is 5.09. The van der Waals surface area contributed by atoms with E-state index in [1.807, 2.05) is 18.2 Å². The van der Waals surface area contributed by atoms with Crippen LogP contribution in [-0.2, 0) is 11.2 Å². The van der Waals surface area contributed by atoms with Crippen LogP contribution in [-0.4, -0.2) is 30.5 Å². The van der Waals surface area contributed by atoms with Gasteiger partial charge < -0.3 is 19.9 Å². The summed E-state index contributed by atoms with van der Waals surface area (Å²) in [6.07, 6.45) is 1.68. The molecule has 19 heavy (non-hydrogen) atoms. The van der Waals surface area contributed by atoms with Crippen molar-refractivity contribution in [3.05, 3.63) is 29.3 Å². The average Bonchev–Trinajstić information content (AvgIpc) is 2.83. The van der Waals surface area contributed by atoms with E-state index >= 15 is 0 Å². The van der Waals surface area contributed by atoms with Crippen LogP contribution in [0, 0.1) is 0 Å². The summed E-state index contributed by atoms with van der Waals surface area (Å²) in [7, 11) is 0. The zero-order chi connectivity index (χ0) is 13.2. The van der Waals surface area contributed by atoms with Crippen molar-refractivity contribution in [1.29, 1.82) is 0 Å². The van der Waals surface area contributed by atoms with Gasteiger partial charge in [-0.2, -0.15) is 0 Å². The quantitative estimate of drug-likeness (QED) is 0.868. The van der Waals surface area contributed by atoms with Gasteiger partial charge in [-0.05, 0) is 36.5 Å². The van der Waals surface area contributed by atoms with Gasteiger partial charge in [-0.3, -0.25) is 0 Å². The summed E-state index contributed by atoms with van der Waals surface area (Å²) < 4.78 is 10.8. The molecule has 2 aliphatic rings. The SMILES string of the molecule is O=C1NCC(COc2cccc3c2CCCC3O)O1. The van der Waals surface area contributed by atoms with Gasteiger partial charge in [0.2, 0.25) is 0 Å². The third kappa shape index (κ3) is 2.51. The first kappa shape index (κ1) is 12.3. The van der Waals surface area contributed by atoms with Gasteiger partial charge in [0.1, 0.15) is 12.4 Å². The normalized spacial score (nSPS) is 25.4. The molecule has 1 aromatic rings. The molecule has 1 saturated heterocycles. The minimum absolute atomic E-state index is 0.239. The molecule has 1 heterocycles. The molecular formula is C14H17NO4. The monoisotopic (exact) mass is 263 g/mol. The molecule has 0 radical (unpaired) electrons. The number of benzene rings is 1. The Bertz CT molecular complexity index is 488. The molecule has 2 N–H and O–H groups in total. The van der Waals surface area contributed by atoms with Gasteiger partial charge in [-0.15, -0.1) is 0 Å². The van der Waals surface area contributed by atoms with E-state index in [-0.39, 0.29) is 12.2 Å². The Kier molecular flexibility index (Phi) is 3.29. The minimum atomic E-state index is -0.390. The second-order valence-electron chi connectivity index (χ2n) is 4.95. The molecule has 0 bridgehead atoms. The van der Waals surface area contributed by atoms with Gasteiger partial charge in [0.05, 0.1) is 12.6 Å². The topological polar surface area (TPSA) is 67.8 Å². The maximum absolute atomic E-state index is 10.9. The number of ether oxygens (including phenoxy) is 2. The number of hydrogen-bond acceptors (Lipinski definition) is 4. The number of alkyl carbamates (subject to hydrolysis) is 1. The summed E-state index contributed by atoms with van der Waals surface area (Å²) in [5.41, 5.74) is 2.05. The van der Waals surface area contributed by atoms with Crippen molar-refractivity contribution in [2.24, 2.45) is 0 Å². The largest absolute Gasteiger partial charge is 0.489 e. The van der Waals surface area contributed by atoms with Gasteiger partial charge >= 0.3 is 6.09 Å². The fraction of sp³-hybridized carbons (Fsp3) is 0.500. The number of rotatable bonds is 3. The van der Waals surface area contributed by atoms with Crippen molar-refractivity contribution < 1.29 is 19.4 Å². The van der Waals surface area contributed by atoms with E-state index in [0.29, 0.717) is 13.2 Å². The van der Waals surface area contributed by atoms with E-state index in [1.54, 1.807) is 0 Å². The number of amides is 1. The smallest absolute Gasteiger partial charge is 0.407 e. The summed E-state index contributed by atoms with van der Waals surface area (Å²) >= 11 is 0. The third-order valence-corrected chi connectivity index (χ3v) is 3.61. The standard InChI is InChI=1S/C14H17NO4/c16-12-5-1-4-11-10(12)3-2-6-13(11)18-8-9-7-15-14(17)19-9/h2-3,6,9,12,16H,1,4-5,7-8H2,(H,15,17). The van der Waals surface area contributed by atoms with Crippen molar-refractivity contribution in [1.82, 2.24) is 5.32 Å². The maximum Gasteiger partial charge on any atom is 0.407 e. The fourth-order valence-electron chi connectivity index (χ4n) is 2.63. The Morgan fingerprint density at radius 1 is 1.47 bits per heavy atom. The van der Waals surface area contributed by atoms with Crippen LogP contribution in [0.5, 0.6) is 5.75 Å². The van der Waals surface area contributed by atoms with Crippen molar-refractivity contribution in [3.63, 3.8) is 0 Å². The molecule has 0 spiro atoms. The van der Waals surface area contributed by atoms with E-state index in [0.717, 1.165) is 36.1 Å². The number of carbonyl (C=O) groups is 1. The molecule has 1 aliphatic heterocycles. The highest BCUT2D eigenvalue weighted by Gasteiger charge is 2.25. The molecule has 0 saturated carbocycles. The summed E-state index contributed by atoms with van der Waals surface area (Å²) in [6.45, 7) is 0.821. The first-order chi connectivity index (χ1) is 9.24. The van der Waals surface area contributed by atoms with Crippen LogP contribution < -0.4 is 10.1 Å². The lowest BCUT2D eigenvalue weighted by molar-refractivity contribution is 0.103. The molecule has 1 amide bonds. The Morgan fingerprint density at radius 3 is 3.16 bits per heavy atom. The van der Waals surface area contributed by atoms with E-state index in [2.05, 4.69) is 5.32 Å². The van der Waals surface area contributed by atoms with Crippen LogP contribution in [0.15, 0.2) is 18.2 Å². The summed E-state index contributed by atoms with van der Waals surface area (Å²) in [5.74, 6) is 0.791. The zero-order valence-electron chi connectivity index (χ0n) is 10.6. The summed E-state index contributed by atoms with van der Waals surface area (Å²) in [5, 5.41) is 12.6. The summed E-state index contributed by atoms with van der Waals surface area (Å²) in [4.78, 5) is 10.9. The van der Waals surface area contributed by atoms with Crippen molar-refractivity contribution in [2.45, 2.75) is 31.5 Å². The molecule has 1 aliphatic carbocycles. The van der Waals surface area contributed by atoms with Crippen molar-refractivity contribution in [3.8, 4) is 5.75 Å². The highest BCUT2D eigenvalue weighted by atomic mass is 16.6. The van der Waals surface area contributed by atoms with Crippen LogP contribution in [0.3, 0.4) is 0 Å². The molecule has 0 aromatic heterocycles. The van der Waals surface area contributed by atoms with E-state index in [1.165, 1.54) is 0 Å². The van der Waals surface area contributed by atoms with Crippen molar-refractivity contribution in [2.75, 3.05) is 13.2 Å². The highest BCUT2D eigenvalue weighted by molar-refractivity contribution is 5.69. The predicted octanol–water partition coefficient (Wildman–Crippen LogP) is 1.54. The van der Waals surface area contributed by atoms with E-state index in [4.69, 9.17) is 9.47 Å². The van der Waals surface area contributed by atoms with Crippen molar-refractivity contribution >= 4 is 6.09 Å². The first-order valence-corrected chi connectivity index (χ1v) is 6.61. The highest BCUT2D eigenvalue weighted by Crippen LogP contribution is 2.35. The average molecular weight is 263 g/mol. The van der Waals surface area contributed by atoms with Gasteiger partial charge in [-0.25, -0.2) is 4.79 Å². The molecule has 5 heteroatoms. The lowest BCUT2D eigenvalue weighted by Gasteiger charge is -2.24. The number of aliphatic hydroxyl groups is 1. The third-order valence-electron chi connectivity index (χ3n) is 3.61. The van der Waals surface area contributed by atoms with Gasteiger partial charge in [0.25, 0.3) is 0 Å². The molecular weight excluding hydrogens is 246 g/mol. The first-order valence-electron chi connectivity index (χ1n) is 6.61. The zero-order valence-corrected chi connectivity index (χ0v) is 10.6. The molecule has 3 rings (SSSR count). The number of fused-ring (bicyclic) bond motifs is 1. The predicted molar refractivity (Wildman–Crippen MR) is 68.1 cm³/mol. The Hall–Kier alpha value is -1.75.